The van der Waals surface area contributed by atoms with Crippen LogP contribution in [0.3, 0.4) is 0 Å². The van der Waals surface area contributed by atoms with Gasteiger partial charge in [0.15, 0.2) is 21.3 Å². The van der Waals surface area contributed by atoms with Crippen molar-refractivity contribution >= 4 is 43.9 Å². The lowest BCUT2D eigenvalue weighted by Crippen LogP contribution is -2.43. The van der Waals surface area contributed by atoms with Crippen molar-refractivity contribution in [2.24, 2.45) is 0 Å². The number of rotatable bonds is 6. The SMILES string of the molecule is [C-]#[N+]c1ccc(CC(=O)C(C)(O)CS(=O)(=O)c2ccc(F)c(I)c2)cc1C. The number of benzene rings is 2. The second-order valence-electron chi connectivity index (χ2n) is 6.44. The van der Waals surface area contributed by atoms with Gasteiger partial charge in [0, 0.05) is 6.42 Å². The van der Waals surface area contributed by atoms with E-state index in [1.54, 1.807) is 47.7 Å². The molecule has 2 aromatic carbocycles. The van der Waals surface area contributed by atoms with E-state index < -0.39 is 32.8 Å². The average molecular weight is 501 g/mol. The molecule has 0 fully saturated rings. The van der Waals surface area contributed by atoms with Crippen LogP contribution in [0.1, 0.15) is 18.1 Å². The molecule has 0 saturated carbocycles. The van der Waals surface area contributed by atoms with Crippen molar-refractivity contribution in [2.75, 3.05) is 5.75 Å². The second kappa shape index (κ2) is 8.04. The zero-order valence-electron chi connectivity index (χ0n) is 14.7. The molecule has 1 atom stereocenters. The Morgan fingerprint density at radius 3 is 2.52 bits per heavy atom. The highest BCUT2D eigenvalue weighted by atomic mass is 127. The summed E-state index contributed by atoms with van der Waals surface area (Å²) in [4.78, 5) is 15.7. The van der Waals surface area contributed by atoms with Gasteiger partial charge in [0.05, 0.1) is 20.8 Å². The molecule has 0 radical (unpaired) electrons. The van der Waals surface area contributed by atoms with Gasteiger partial charge in [-0.2, -0.15) is 0 Å². The maximum Gasteiger partial charge on any atom is 0.190 e. The van der Waals surface area contributed by atoms with Crippen LogP contribution < -0.4 is 0 Å². The zero-order chi connectivity index (χ0) is 20.4. The van der Waals surface area contributed by atoms with Gasteiger partial charge in [-0.15, -0.1) is 0 Å². The van der Waals surface area contributed by atoms with Crippen molar-refractivity contribution in [3.63, 3.8) is 0 Å². The molecule has 5 nitrogen and oxygen atoms in total. The number of Topliss-reactive ketones (excluding diaryl/α,β-unsaturated/α-hetero) is 1. The number of ketones is 1. The van der Waals surface area contributed by atoms with Gasteiger partial charge in [-0.25, -0.2) is 17.7 Å². The molecule has 1 N–H and O–H groups in total. The first-order valence-electron chi connectivity index (χ1n) is 7.87. The summed E-state index contributed by atoms with van der Waals surface area (Å²) < 4.78 is 38.6. The molecule has 2 aromatic rings. The summed E-state index contributed by atoms with van der Waals surface area (Å²) in [5.74, 6) is -2.01. The van der Waals surface area contributed by atoms with Crippen LogP contribution in [-0.4, -0.2) is 30.7 Å². The van der Waals surface area contributed by atoms with E-state index in [0.717, 1.165) is 25.1 Å². The maximum atomic E-state index is 13.4. The van der Waals surface area contributed by atoms with E-state index in [0.29, 0.717) is 16.8 Å². The minimum absolute atomic E-state index is 0.134. The normalized spacial score (nSPS) is 13.6. The highest BCUT2D eigenvalue weighted by Gasteiger charge is 2.36. The smallest absolute Gasteiger partial charge is 0.190 e. The van der Waals surface area contributed by atoms with Gasteiger partial charge in [-0.3, -0.25) is 4.79 Å². The highest BCUT2D eigenvalue weighted by Crippen LogP contribution is 2.24. The topological polar surface area (TPSA) is 75.8 Å². The van der Waals surface area contributed by atoms with Crippen molar-refractivity contribution in [3.8, 4) is 0 Å². The number of aliphatic hydroxyl groups is 1. The summed E-state index contributed by atoms with van der Waals surface area (Å²) in [6, 6.07) is 8.16. The number of hydrogen-bond acceptors (Lipinski definition) is 4. The molecule has 0 spiro atoms. The Morgan fingerprint density at radius 2 is 1.96 bits per heavy atom. The van der Waals surface area contributed by atoms with Crippen LogP contribution in [0.2, 0.25) is 0 Å². The fraction of sp³-hybridized carbons (Fsp3) is 0.263. The minimum Gasteiger partial charge on any atom is -0.381 e. The van der Waals surface area contributed by atoms with Crippen molar-refractivity contribution < 1.29 is 22.7 Å². The Kier molecular flexibility index (Phi) is 6.39. The van der Waals surface area contributed by atoms with E-state index in [4.69, 9.17) is 6.57 Å². The predicted molar refractivity (Wildman–Crippen MR) is 108 cm³/mol. The van der Waals surface area contributed by atoms with Crippen LogP contribution >= 0.6 is 22.6 Å². The third kappa shape index (κ3) is 5.12. The van der Waals surface area contributed by atoms with Crippen molar-refractivity contribution in [3.05, 3.63) is 68.3 Å². The zero-order valence-corrected chi connectivity index (χ0v) is 17.6. The molecule has 8 heteroatoms. The number of carbonyl (C=O) groups is 1. The summed E-state index contributed by atoms with van der Waals surface area (Å²) in [6.07, 6.45) is -0.164. The lowest BCUT2D eigenvalue weighted by molar-refractivity contribution is -0.133. The van der Waals surface area contributed by atoms with Gasteiger partial charge >= 0.3 is 0 Å². The van der Waals surface area contributed by atoms with E-state index in [1.165, 1.54) is 0 Å². The van der Waals surface area contributed by atoms with E-state index in [1.807, 2.05) is 0 Å². The van der Waals surface area contributed by atoms with Crippen molar-refractivity contribution in [1.29, 1.82) is 0 Å². The number of hydrogen-bond donors (Lipinski definition) is 1. The molecule has 0 heterocycles. The molecular weight excluding hydrogens is 484 g/mol. The molecule has 1 unspecified atom stereocenters. The van der Waals surface area contributed by atoms with E-state index in [-0.39, 0.29) is 14.9 Å². The number of nitrogens with zero attached hydrogens (tertiary/aromatic N) is 1. The lowest BCUT2D eigenvalue weighted by Gasteiger charge is -2.22. The number of halogens is 2. The predicted octanol–water partition coefficient (Wildman–Crippen LogP) is 3.63. The Labute approximate surface area is 171 Å². The fourth-order valence-corrected chi connectivity index (χ4v) is 4.90. The van der Waals surface area contributed by atoms with Crippen LogP contribution in [0.15, 0.2) is 41.3 Å². The van der Waals surface area contributed by atoms with Crippen molar-refractivity contribution in [1.82, 2.24) is 0 Å². The lowest BCUT2D eigenvalue weighted by atomic mass is 9.96. The third-order valence-corrected chi connectivity index (χ3v) is 6.81. The fourth-order valence-electron chi connectivity index (χ4n) is 2.53. The maximum absolute atomic E-state index is 13.4. The molecule has 0 amide bonds. The largest absolute Gasteiger partial charge is 0.381 e. The van der Waals surface area contributed by atoms with Gasteiger partial charge < -0.3 is 5.11 Å². The molecule has 0 saturated heterocycles. The minimum atomic E-state index is -4.00. The van der Waals surface area contributed by atoms with Crippen LogP contribution in [0.25, 0.3) is 4.85 Å². The molecule has 0 aliphatic heterocycles. The molecule has 142 valence electrons. The highest BCUT2D eigenvalue weighted by molar-refractivity contribution is 14.1. The van der Waals surface area contributed by atoms with Crippen LogP contribution in [0, 0.1) is 22.9 Å². The standard InChI is InChI=1S/C19H17FINO4S/c1-12-8-13(4-7-17(12)22-3)9-18(23)19(2,24)11-27(25,26)14-5-6-15(20)16(21)10-14/h4-8,10,24H,9,11H2,1-2H3. The Balaban J connectivity index is 2.21. The molecule has 0 aliphatic carbocycles. The third-order valence-electron chi connectivity index (χ3n) is 4.07. The molecule has 0 aliphatic rings. The summed E-state index contributed by atoms with van der Waals surface area (Å²) in [5.41, 5.74) is -0.362. The second-order valence-corrected chi connectivity index (χ2v) is 9.59. The van der Waals surface area contributed by atoms with E-state index in [2.05, 4.69) is 4.85 Å². The van der Waals surface area contributed by atoms with Gasteiger partial charge in [-0.1, -0.05) is 18.2 Å². The quantitative estimate of drug-likeness (QED) is 0.373. The Hall–Kier alpha value is -1.83. The molecule has 27 heavy (non-hydrogen) atoms. The molecule has 2 rings (SSSR count). The van der Waals surface area contributed by atoms with Crippen LogP contribution in [0.4, 0.5) is 10.1 Å². The number of sulfone groups is 1. The molecule has 0 aromatic heterocycles. The van der Waals surface area contributed by atoms with Gasteiger partial charge in [0.1, 0.15) is 11.4 Å². The van der Waals surface area contributed by atoms with Crippen LogP contribution in [0.5, 0.6) is 0 Å². The number of carbonyl (C=O) groups excluding carboxylic acids is 1. The summed E-state index contributed by atoms with van der Waals surface area (Å²) >= 11 is 1.67. The molecular formula is C19H17FINO4S. The average Bonchev–Trinajstić information content (AvgIpc) is 2.56. The monoisotopic (exact) mass is 501 g/mol. The number of aryl methyl sites for hydroxylation is 1. The first kappa shape index (κ1) is 21.5. The Morgan fingerprint density at radius 1 is 1.30 bits per heavy atom. The summed E-state index contributed by atoms with van der Waals surface area (Å²) in [7, 11) is -4.00. The summed E-state index contributed by atoms with van der Waals surface area (Å²) in [6.45, 7) is 9.92. The van der Waals surface area contributed by atoms with Gasteiger partial charge in [-0.05, 0) is 65.8 Å². The van der Waals surface area contributed by atoms with E-state index >= 15 is 0 Å². The molecule has 0 bridgehead atoms. The van der Waals surface area contributed by atoms with Gasteiger partial charge in [0.25, 0.3) is 0 Å². The first-order valence-corrected chi connectivity index (χ1v) is 10.6. The van der Waals surface area contributed by atoms with Gasteiger partial charge in [0.2, 0.25) is 0 Å². The van der Waals surface area contributed by atoms with Crippen molar-refractivity contribution in [2.45, 2.75) is 30.8 Å². The first-order chi connectivity index (χ1) is 12.5. The Bertz CT molecular complexity index is 1040. The summed E-state index contributed by atoms with van der Waals surface area (Å²) in [5, 5.41) is 10.5. The van der Waals surface area contributed by atoms with E-state index in [9.17, 15) is 22.7 Å². The van der Waals surface area contributed by atoms with Crippen LogP contribution in [-0.2, 0) is 21.1 Å².